The molecule has 0 heterocycles. The number of hydrogen-bond donors (Lipinski definition) is 0. The van der Waals surface area contributed by atoms with E-state index < -0.39 is 5.60 Å². The average molecular weight is 302 g/mol. The lowest BCUT2D eigenvalue weighted by molar-refractivity contribution is 0.0159. The third-order valence-electron chi connectivity index (χ3n) is 2.26. The zero-order valence-electron chi connectivity index (χ0n) is 13.4. The van der Waals surface area contributed by atoms with Crippen molar-refractivity contribution in [2.24, 2.45) is 5.11 Å². The van der Waals surface area contributed by atoms with Gasteiger partial charge in [0.15, 0.2) is 0 Å². The molecule has 0 fully saturated rings. The van der Waals surface area contributed by atoms with Crippen molar-refractivity contribution in [2.75, 3.05) is 46.6 Å². The fourth-order valence-corrected chi connectivity index (χ4v) is 1.24. The van der Waals surface area contributed by atoms with Crippen LogP contribution in [0.1, 0.15) is 27.2 Å². The molecule has 0 bridgehead atoms. The van der Waals surface area contributed by atoms with Gasteiger partial charge in [0.2, 0.25) is 0 Å². The van der Waals surface area contributed by atoms with E-state index in [0.717, 1.165) is 0 Å². The lowest BCUT2D eigenvalue weighted by atomic mass is 10.2. The molecule has 8 nitrogen and oxygen atoms in total. The van der Waals surface area contributed by atoms with Gasteiger partial charge in [0.1, 0.15) is 5.60 Å². The highest BCUT2D eigenvalue weighted by molar-refractivity contribution is 5.67. The van der Waals surface area contributed by atoms with Crippen LogP contribution in [-0.4, -0.2) is 63.2 Å². The van der Waals surface area contributed by atoms with Crippen LogP contribution in [0.4, 0.5) is 4.79 Å². The predicted octanol–water partition coefficient (Wildman–Crippen LogP) is 2.59. The molecule has 21 heavy (non-hydrogen) atoms. The maximum absolute atomic E-state index is 11.6. The highest BCUT2D eigenvalue weighted by atomic mass is 16.6. The molecular formula is C13H26N4O4. The van der Waals surface area contributed by atoms with Crippen LogP contribution in [0, 0.1) is 0 Å². The van der Waals surface area contributed by atoms with Gasteiger partial charge in [0.05, 0.1) is 19.8 Å². The molecule has 0 unspecified atom stereocenters. The maximum atomic E-state index is 11.6. The molecule has 8 heteroatoms. The first-order valence-corrected chi connectivity index (χ1v) is 6.97. The van der Waals surface area contributed by atoms with Gasteiger partial charge in [-0.05, 0) is 32.7 Å². The van der Waals surface area contributed by atoms with Gasteiger partial charge < -0.3 is 19.1 Å². The van der Waals surface area contributed by atoms with E-state index in [1.807, 2.05) is 20.8 Å². The molecule has 0 N–H and O–H groups in total. The monoisotopic (exact) mass is 302 g/mol. The Kier molecular flexibility index (Phi) is 10.4. The fourth-order valence-electron chi connectivity index (χ4n) is 1.24. The molecule has 0 radical (unpaired) electrons. The number of carbonyl (C=O) groups excluding carboxylic acids is 1. The number of azide groups is 1. The van der Waals surface area contributed by atoms with Crippen LogP contribution < -0.4 is 0 Å². The summed E-state index contributed by atoms with van der Waals surface area (Å²) in [4.78, 5) is 15.8. The van der Waals surface area contributed by atoms with Crippen LogP contribution in [-0.2, 0) is 14.2 Å². The van der Waals surface area contributed by atoms with Crippen molar-refractivity contribution in [1.82, 2.24) is 4.90 Å². The van der Waals surface area contributed by atoms with Crippen molar-refractivity contribution in [2.45, 2.75) is 32.8 Å². The molecule has 0 atom stereocenters. The van der Waals surface area contributed by atoms with E-state index in [2.05, 4.69) is 10.0 Å². The number of carbonyl (C=O) groups is 1. The largest absolute Gasteiger partial charge is 0.444 e. The lowest BCUT2D eigenvalue weighted by Crippen LogP contribution is -2.36. The zero-order valence-corrected chi connectivity index (χ0v) is 13.4. The van der Waals surface area contributed by atoms with Gasteiger partial charge in [0, 0.05) is 31.7 Å². The summed E-state index contributed by atoms with van der Waals surface area (Å²) in [7, 11) is 1.67. The van der Waals surface area contributed by atoms with Crippen molar-refractivity contribution >= 4 is 6.09 Å². The lowest BCUT2D eigenvalue weighted by Gasteiger charge is -2.24. The Morgan fingerprint density at radius 2 is 1.81 bits per heavy atom. The molecule has 0 aliphatic heterocycles. The van der Waals surface area contributed by atoms with Crippen LogP contribution in [0.15, 0.2) is 5.11 Å². The minimum atomic E-state index is -0.490. The van der Waals surface area contributed by atoms with E-state index in [4.69, 9.17) is 19.7 Å². The maximum Gasteiger partial charge on any atom is 0.410 e. The Bertz CT molecular complexity index is 338. The summed E-state index contributed by atoms with van der Waals surface area (Å²) >= 11 is 0. The van der Waals surface area contributed by atoms with Crippen molar-refractivity contribution in [3.63, 3.8) is 0 Å². The molecule has 0 aliphatic carbocycles. The Morgan fingerprint density at radius 1 is 1.19 bits per heavy atom. The van der Waals surface area contributed by atoms with Gasteiger partial charge in [-0.25, -0.2) is 4.79 Å². The summed E-state index contributed by atoms with van der Waals surface area (Å²) in [6.07, 6.45) is 0.339. The van der Waals surface area contributed by atoms with Crippen LogP contribution in [0.3, 0.4) is 0 Å². The zero-order chi connectivity index (χ0) is 16.1. The molecule has 0 aliphatic rings. The molecule has 122 valence electrons. The molecular weight excluding hydrogens is 276 g/mol. The van der Waals surface area contributed by atoms with Gasteiger partial charge in [0.25, 0.3) is 0 Å². The number of nitrogens with zero attached hydrogens (tertiary/aromatic N) is 4. The summed E-state index contributed by atoms with van der Waals surface area (Å²) in [5, 5.41) is 3.40. The molecule has 0 aromatic heterocycles. The van der Waals surface area contributed by atoms with Crippen LogP contribution in [0.25, 0.3) is 10.4 Å². The number of amides is 1. The number of likely N-dealkylation sites (N-methyl/N-ethyl adjacent to an activating group) is 1. The summed E-state index contributed by atoms with van der Waals surface area (Å²) in [5.41, 5.74) is 7.58. The van der Waals surface area contributed by atoms with Gasteiger partial charge in [-0.1, -0.05) is 5.11 Å². The third kappa shape index (κ3) is 13.2. The Morgan fingerprint density at radius 3 is 2.38 bits per heavy atom. The molecule has 0 rings (SSSR count). The SMILES string of the molecule is CN(CCOCCOCCCN=[N+]=[N-])C(=O)OC(C)(C)C. The van der Waals surface area contributed by atoms with Crippen LogP contribution in [0.2, 0.25) is 0 Å². The second-order valence-electron chi connectivity index (χ2n) is 5.43. The number of hydrogen-bond acceptors (Lipinski definition) is 5. The summed E-state index contributed by atoms with van der Waals surface area (Å²) in [6, 6.07) is 0. The first-order valence-electron chi connectivity index (χ1n) is 6.97. The van der Waals surface area contributed by atoms with Crippen LogP contribution >= 0.6 is 0 Å². The van der Waals surface area contributed by atoms with Crippen LogP contribution in [0.5, 0.6) is 0 Å². The van der Waals surface area contributed by atoms with E-state index >= 15 is 0 Å². The molecule has 0 aromatic rings. The van der Waals surface area contributed by atoms with Crippen molar-refractivity contribution in [3.05, 3.63) is 10.4 Å². The first kappa shape index (κ1) is 19.5. The van der Waals surface area contributed by atoms with Crippen molar-refractivity contribution in [1.29, 1.82) is 0 Å². The summed E-state index contributed by atoms with van der Waals surface area (Å²) in [6.45, 7) is 8.30. The van der Waals surface area contributed by atoms with Gasteiger partial charge in [-0.15, -0.1) is 0 Å². The Hall–Kier alpha value is -1.50. The predicted molar refractivity (Wildman–Crippen MR) is 79.1 cm³/mol. The number of ether oxygens (including phenoxy) is 3. The molecule has 0 aromatic carbocycles. The Balaban J connectivity index is 3.46. The highest BCUT2D eigenvalue weighted by Gasteiger charge is 2.19. The standard InChI is InChI=1S/C13H26N4O4/c1-13(2,3)21-12(18)17(4)7-9-20-11-10-19-8-5-6-15-16-14/h5-11H2,1-4H3. The second kappa shape index (κ2) is 11.2. The minimum absolute atomic E-state index is 0.361. The van der Waals surface area contributed by atoms with E-state index in [1.165, 1.54) is 4.90 Å². The quantitative estimate of drug-likeness (QED) is 0.268. The van der Waals surface area contributed by atoms with Gasteiger partial charge >= 0.3 is 6.09 Å². The number of rotatable bonds is 10. The summed E-state index contributed by atoms with van der Waals surface area (Å²) in [5.74, 6) is 0. The topological polar surface area (TPSA) is 96.8 Å². The van der Waals surface area contributed by atoms with Crippen molar-refractivity contribution in [3.8, 4) is 0 Å². The second-order valence-corrected chi connectivity index (χ2v) is 5.43. The van der Waals surface area contributed by atoms with E-state index in [1.54, 1.807) is 7.05 Å². The normalized spacial score (nSPS) is 10.9. The van der Waals surface area contributed by atoms with E-state index in [-0.39, 0.29) is 6.09 Å². The molecule has 0 saturated heterocycles. The van der Waals surface area contributed by atoms with Crippen molar-refractivity contribution < 1.29 is 19.0 Å². The molecule has 1 amide bonds. The summed E-state index contributed by atoms with van der Waals surface area (Å²) < 4.78 is 15.9. The van der Waals surface area contributed by atoms with Gasteiger partial charge in [-0.3, -0.25) is 0 Å². The molecule has 0 spiro atoms. The van der Waals surface area contributed by atoms with Gasteiger partial charge in [-0.2, -0.15) is 0 Å². The molecule has 0 saturated carbocycles. The Labute approximate surface area is 126 Å². The van der Waals surface area contributed by atoms with E-state index in [0.29, 0.717) is 45.9 Å². The third-order valence-corrected chi connectivity index (χ3v) is 2.26. The fraction of sp³-hybridized carbons (Fsp3) is 0.923. The minimum Gasteiger partial charge on any atom is -0.444 e. The smallest absolute Gasteiger partial charge is 0.410 e. The van der Waals surface area contributed by atoms with E-state index in [9.17, 15) is 4.79 Å². The average Bonchev–Trinajstić information content (AvgIpc) is 2.38. The first-order chi connectivity index (χ1) is 9.87. The highest BCUT2D eigenvalue weighted by Crippen LogP contribution is 2.08.